The molecule has 0 saturated carbocycles. The van der Waals surface area contributed by atoms with Crippen molar-refractivity contribution in [2.24, 2.45) is 4.99 Å². The number of fused-ring (bicyclic) bond motifs is 2. The second-order valence-corrected chi connectivity index (χ2v) is 7.43. The average Bonchev–Trinajstić information content (AvgIpc) is 3.29. The van der Waals surface area contributed by atoms with E-state index in [0.29, 0.717) is 29.4 Å². The zero-order chi connectivity index (χ0) is 19.0. The lowest BCUT2D eigenvalue weighted by molar-refractivity contribution is 0.415. The summed E-state index contributed by atoms with van der Waals surface area (Å²) >= 11 is 3.45. The van der Waals surface area contributed by atoms with Crippen molar-refractivity contribution in [3.63, 3.8) is 0 Å². The minimum atomic E-state index is -0.110. The number of halogens is 1. The van der Waals surface area contributed by atoms with Gasteiger partial charge >= 0.3 is 0 Å². The Hall–Kier alpha value is -2.48. The van der Waals surface area contributed by atoms with Gasteiger partial charge in [0, 0.05) is 18.5 Å². The van der Waals surface area contributed by atoms with Gasteiger partial charge < -0.3 is 4.74 Å². The van der Waals surface area contributed by atoms with Gasteiger partial charge in [-0.05, 0) is 46.6 Å². The van der Waals surface area contributed by atoms with Gasteiger partial charge in [0.1, 0.15) is 11.6 Å². The van der Waals surface area contributed by atoms with Crippen molar-refractivity contribution in [1.29, 1.82) is 0 Å². The van der Waals surface area contributed by atoms with Crippen LogP contribution in [0.4, 0.5) is 5.82 Å². The zero-order valence-electron chi connectivity index (χ0n) is 15.3. The number of hydrogen-bond acceptors (Lipinski definition) is 5. The molecule has 0 saturated heterocycles. The lowest BCUT2D eigenvalue weighted by Crippen LogP contribution is -2.22. The van der Waals surface area contributed by atoms with E-state index in [2.05, 4.69) is 38.0 Å². The molecule has 3 aromatic rings. The number of ether oxygens (including phenoxy) is 1. The number of aryl methyl sites for hydroxylation is 1. The Bertz CT molecular complexity index is 1080. The Balaban J connectivity index is 1.91. The minimum absolute atomic E-state index is 0.110. The van der Waals surface area contributed by atoms with E-state index in [0.717, 1.165) is 41.7 Å². The van der Waals surface area contributed by atoms with E-state index in [1.807, 2.05) is 28.8 Å². The highest BCUT2D eigenvalue weighted by atomic mass is 79.9. The Kier molecular flexibility index (Phi) is 4.82. The van der Waals surface area contributed by atoms with Crippen LogP contribution >= 0.6 is 15.9 Å². The summed E-state index contributed by atoms with van der Waals surface area (Å²) in [6.45, 7) is 2.92. The maximum absolute atomic E-state index is 13.2. The topological polar surface area (TPSA) is 73.8 Å². The number of aliphatic imine (C=N–C) groups is 1. The third-order valence-electron chi connectivity index (χ3n) is 4.76. The molecule has 4 rings (SSSR count). The quantitative estimate of drug-likeness (QED) is 0.559. The van der Waals surface area contributed by atoms with E-state index < -0.39 is 0 Å². The Morgan fingerprint density at radius 1 is 1.19 bits per heavy atom. The van der Waals surface area contributed by atoms with Crippen molar-refractivity contribution in [3.05, 3.63) is 40.2 Å². The summed E-state index contributed by atoms with van der Waals surface area (Å²) in [7, 11) is 1.62. The highest BCUT2D eigenvalue weighted by Gasteiger charge is 2.25. The number of benzene rings is 1. The molecule has 0 radical (unpaired) electrons. The molecule has 1 aromatic carbocycles. The van der Waals surface area contributed by atoms with Gasteiger partial charge in [0.05, 0.1) is 17.3 Å². The lowest BCUT2D eigenvalue weighted by atomic mass is 10.2. The van der Waals surface area contributed by atoms with Crippen molar-refractivity contribution < 1.29 is 4.74 Å². The third kappa shape index (κ3) is 3.07. The summed E-state index contributed by atoms with van der Waals surface area (Å²) in [5, 5.41) is 8.66. The molecular weight excluding hydrogens is 410 g/mol. The molecule has 0 bridgehead atoms. The van der Waals surface area contributed by atoms with Crippen LogP contribution in [0.15, 0.2) is 34.1 Å². The van der Waals surface area contributed by atoms with Gasteiger partial charge in [-0.3, -0.25) is 9.36 Å². The fourth-order valence-electron chi connectivity index (χ4n) is 3.36. The largest absolute Gasteiger partial charge is 0.497 e. The SMILES string of the molecule is CCCCCn1c2c(c(=O)n3c(-c4ccc(OC)cc4)nnc13)CC(Br)=N2. The summed E-state index contributed by atoms with van der Waals surface area (Å²) in [5.74, 6) is 2.52. The van der Waals surface area contributed by atoms with Crippen LogP contribution in [0.1, 0.15) is 31.7 Å². The first-order valence-electron chi connectivity index (χ1n) is 9.02. The third-order valence-corrected chi connectivity index (χ3v) is 5.22. The average molecular weight is 430 g/mol. The molecular formula is C19H20BrN5O2. The minimum Gasteiger partial charge on any atom is -0.497 e. The molecule has 0 spiro atoms. The smallest absolute Gasteiger partial charge is 0.266 e. The molecule has 0 unspecified atom stereocenters. The molecule has 1 aliphatic heterocycles. The van der Waals surface area contributed by atoms with Gasteiger partial charge in [0.2, 0.25) is 5.78 Å². The van der Waals surface area contributed by atoms with Gasteiger partial charge in [0.15, 0.2) is 5.82 Å². The fraction of sp³-hybridized carbons (Fsp3) is 0.368. The molecule has 140 valence electrons. The van der Waals surface area contributed by atoms with Crippen molar-refractivity contribution in [3.8, 4) is 17.1 Å². The van der Waals surface area contributed by atoms with Crippen LogP contribution < -0.4 is 10.3 Å². The number of aromatic nitrogens is 4. The summed E-state index contributed by atoms with van der Waals surface area (Å²) in [4.78, 5) is 17.7. The van der Waals surface area contributed by atoms with E-state index in [4.69, 9.17) is 4.74 Å². The molecule has 0 N–H and O–H groups in total. The van der Waals surface area contributed by atoms with Gasteiger partial charge in [-0.2, -0.15) is 0 Å². The summed E-state index contributed by atoms with van der Waals surface area (Å²) in [6.07, 6.45) is 3.73. The van der Waals surface area contributed by atoms with Crippen LogP contribution in [0.3, 0.4) is 0 Å². The predicted molar refractivity (Wildman–Crippen MR) is 108 cm³/mol. The van der Waals surface area contributed by atoms with E-state index >= 15 is 0 Å². The number of hydrogen-bond donors (Lipinski definition) is 0. The van der Waals surface area contributed by atoms with Crippen LogP contribution in [-0.4, -0.2) is 30.9 Å². The molecule has 0 amide bonds. The van der Waals surface area contributed by atoms with Gasteiger partial charge in [-0.15, -0.1) is 10.2 Å². The Labute approximate surface area is 164 Å². The highest BCUT2D eigenvalue weighted by Crippen LogP contribution is 2.29. The molecule has 27 heavy (non-hydrogen) atoms. The molecule has 1 aliphatic rings. The number of unbranched alkanes of at least 4 members (excludes halogenated alkanes) is 2. The monoisotopic (exact) mass is 429 g/mol. The van der Waals surface area contributed by atoms with Crippen LogP contribution in [0.25, 0.3) is 17.2 Å². The van der Waals surface area contributed by atoms with Crippen LogP contribution in [0.2, 0.25) is 0 Å². The maximum Gasteiger partial charge on any atom is 0.266 e. The normalized spacial score (nSPS) is 13.1. The second-order valence-electron chi connectivity index (χ2n) is 6.52. The predicted octanol–water partition coefficient (Wildman–Crippen LogP) is 3.74. The Morgan fingerprint density at radius 2 is 1.96 bits per heavy atom. The van der Waals surface area contributed by atoms with Gasteiger partial charge in [0.25, 0.3) is 5.56 Å². The summed E-state index contributed by atoms with van der Waals surface area (Å²) < 4.78 is 9.60. The molecule has 3 heterocycles. The molecule has 8 heteroatoms. The number of methoxy groups -OCH3 is 1. The standard InChI is InChI=1S/C19H20BrN5O2/c1-3-4-5-10-24-17-14(11-15(20)21-17)18(26)25-16(22-23-19(24)25)12-6-8-13(27-2)9-7-12/h6-9H,3-5,10-11H2,1-2H3. The van der Waals surface area contributed by atoms with Crippen molar-refractivity contribution in [2.45, 2.75) is 39.2 Å². The van der Waals surface area contributed by atoms with Crippen molar-refractivity contribution in [1.82, 2.24) is 19.2 Å². The van der Waals surface area contributed by atoms with Crippen molar-refractivity contribution >= 4 is 32.1 Å². The van der Waals surface area contributed by atoms with Crippen molar-refractivity contribution in [2.75, 3.05) is 7.11 Å². The first-order chi connectivity index (χ1) is 13.1. The van der Waals surface area contributed by atoms with Gasteiger partial charge in [-0.25, -0.2) is 9.39 Å². The summed E-state index contributed by atoms with van der Waals surface area (Å²) in [5.41, 5.74) is 1.39. The van der Waals surface area contributed by atoms with Gasteiger partial charge in [-0.1, -0.05) is 19.8 Å². The van der Waals surface area contributed by atoms with E-state index in [9.17, 15) is 4.79 Å². The first-order valence-corrected chi connectivity index (χ1v) is 9.81. The number of nitrogens with zero attached hydrogens (tertiary/aromatic N) is 5. The molecule has 0 atom stereocenters. The lowest BCUT2D eigenvalue weighted by Gasteiger charge is -2.12. The summed E-state index contributed by atoms with van der Waals surface area (Å²) in [6, 6.07) is 7.47. The van der Waals surface area contributed by atoms with E-state index in [-0.39, 0.29) is 5.56 Å². The molecule has 2 aromatic heterocycles. The Morgan fingerprint density at radius 3 is 2.67 bits per heavy atom. The molecule has 7 nitrogen and oxygen atoms in total. The van der Waals surface area contributed by atoms with Crippen LogP contribution in [-0.2, 0) is 13.0 Å². The van der Waals surface area contributed by atoms with Crippen LogP contribution in [0.5, 0.6) is 5.75 Å². The molecule has 0 fully saturated rings. The fourth-order valence-corrected chi connectivity index (χ4v) is 3.81. The first kappa shape index (κ1) is 17.9. The van der Waals surface area contributed by atoms with Crippen LogP contribution in [0, 0.1) is 0 Å². The van der Waals surface area contributed by atoms with E-state index in [1.165, 1.54) is 0 Å². The maximum atomic E-state index is 13.2. The second kappa shape index (κ2) is 7.26. The molecule has 0 aliphatic carbocycles. The van der Waals surface area contributed by atoms with E-state index in [1.54, 1.807) is 11.5 Å². The zero-order valence-corrected chi connectivity index (χ0v) is 16.9. The highest BCUT2D eigenvalue weighted by molar-refractivity contribution is 9.18. The number of rotatable bonds is 6.